The molecule has 0 heterocycles. The highest BCUT2D eigenvalue weighted by molar-refractivity contribution is 9.10. The fourth-order valence-electron chi connectivity index (χ4n) is 1.93. The van der Waals surface area contributed by atoms with Gasteiger partial charge in [0.2, 0.25) is 0 Å². The molecule has 0 aliphatic rings. The summed E-state index contributed by atoms with van der Waals surface area (Å²) in [5.74, 6) is 0.588. The predicted molar refractivity (Wildman–Crippen MR) is 77.7 cm³/mol. The SMILES string of the molecule is COc1cc(OC)cc(C(O)c2c(F)cccc2Br)c1. The van der Waals surface area contributed by atoms with E-state index in [0.29, 0.717) is 21.5 Å². The van der Waals surface area contributed by atoms with Gasteiger partial charge in [-0.15, -0.1) is 0 Å². The molecule has 0 amide bonds. The maximum Gasteiger partial charge on any atom is 0.130 e. The fourth-order valence-corrected chi connectivity index (χ4v) is 2.48. The minimum Gasteiger partial charge on any atom is -0.497 e. The Balaban J connectivity index is 2.50. The van der Waals surface area contributed by atoms with Crippen molar-refractivity contribution in [2.45, 2.75) is 6.10 Å². The van der Waals surface area contributed by atoms with Gasteiger partial charge in [0.25, 0.3) is 0 Å². The Bertz CT molecular complexity index is 574. The topological polar surface area (TPSA) is 38.7 Å². The predicted octanol–water partition coefficient (Wildman–Crippen LogP) is 3.69. The average molecular weight is 341 g/mol. The normalized spacial score (nSPS) is 12.1. The highest BCUT2D eigenvalue weighted by Gasteiger charge is 2.19. The molecule has 1 atom stereocenters. The van der Waals surface area contributed by atoms with Crippen LogP contribution in [0.5, 0.6) is 11.5 Å². The molecule has 2 aromatic rings. The molecule has 0 aliphatic heterocycles. The van der Waals surface area contributed by atoms with E-state index in [-0.39, 0.29) is 5.56 Å². The third-order valence-corrected chi connectivity index (χ3v) is 3.65. The van der Waals surface area contributed by atoms with E-state index < -0.39 is 11.9 Å². The molecule has 1 unspecified atom stereocenters. The molecule has 106 valence electrons. The van der Waals surface area contributed by atoms with Crippen molar-refractivity contribution in [2.24, 2.45) is 0 Å². The molecule has 2 rings (SSSR count). The van der Waals surface area contributed by atoms with Crippen molar-refractivity contribution in [2.75, 3.05) is 14.2 Å². The van der Waals surface area contributed by atoms with E-state index in [9.17, 15) is 9.50 Å². The number of hydrogen-bond donors (Lipinski definition) is 1. The Kier molecular flexibility index (Phi) is 4.62. The Morgan fingerprint density at radius 3 is 2.20 bits per heavy atom. The van der Waals surface area contributed by atoms with E-state index >= 15 is 0 Å². The van der Waals surface area contributed by atoms with Crippen molar-refractivity contribution in [3.05, 3.63) is 57.8 Å². The van der Waals surface area contributed by atoms with Gasteiger partial charge < -0.3 is 14.6 Å². The minimum atomic E-state index is -1.12. The average Bonchev–Trinajstić information content (AvgIpc) is 2.46. The van der Waals surface area contributed by atoms with Gasteiger partial charge in [0.15, 0.2) is 0 Å². The highest BCUT2D eigenvalue weighted by Crippen LogP contribution is 2.34. The quantitative estimate of drug-likeness (QED) is 0.922. The zero-order chi connectivity index (χ0) is 14.7. The molecule has 0 fully saturated rings. The summed E-state index contributed by atoms with van der Waals surface area (Å²) in [6, 6.07) is 9.53. The molecule has 0 radical (unpaired) electrons. The van der Waals surface area contributed by atoms with Crippen LogP contribution in [0.3, 0.4) is 0 Å². The maximum atomic E-state index is 13.9. The first-order valence-corrected chi connectivity index (χ1v) is 6.71. The van der Waals surface area contributed by atoms with E-state index in [1.807, 2.05) is 0 Å². The molecule has 0 bridgehead atoms. The van der Waals surface area contributed by atoms with Crippen LogP contribution in [0.1, 0.15) is 17.2 Å². The first kappa shape index (κ1) is 14.8. The second kappa shape index (κ2) is 6.24. The first-order valence-electron chi connectivity index (χ1n) is 5.91. The van der Waals surface area contributed by atoms with E-state index in [1.165, 1.54) is 20.3 Å². The van der Waals surface area contributed by atoms with Gasteiger partial charge in [0.05, 0.1) is 14.2 Å². The van der Waals surface area contributed by atoms with Crippen molar-refractivity contribution < 1.29 is 19.0 Å². The first-order chi connectivity index (χ1) is 9.56. The molecule has 0 aromatic heterocycles. The van der Waals surface area contributed by atoms with Gasteiger partial charge in [-0.3, -0.25) is 0 Å². The monoisotopic (exact) mass is 340 g/mol. The Hall–Kier alpha value is -1.59. The summed E-state index contributed by atoms with van der Waals surface area (Å²) in [7, 11) is 3.04. The van der Waals surface area contributed by atoms with Crippen molar-refractivity contribution in [3.8, 4) is 11.5 Å². The summed E-state index contributed by atoms with van der Waals surface area (Å²) in [5.41, 5.74) is 0.676. The van der Waals surface area contributed by atoms with Crippen LogP contribution in [0, 0.1) is 5.82 Å². The van der Waals surface area contributed by atoms with Crippen molar-refractivity contribution in [1.82, 2.24) is 0 Å². The van der Waals surface area contributed by atoms with Gasteiger partial charge >= 0.3 is 0 Å². The lowest BCUT2D eigenvalue weighted by Gasteiger charge is -2.16. The third-order valence-electron chi connectivity index (χ3n) is 2.96. The summed E-state index contributed by atoms with van der Waals surface area (Å²) >= 11 is 3.25. The minimum absolute atomic E-state index is 0.183. The second-order valence-corrected chi connectivity index (χ2v) is 5.04. The van der Waals surface area contributed by atoms with Crippen LogP contribution in [-0.2, 0) is 0 Å². The number of benzene rings is 2. The van der Waals surface area contributed by atoms with Crippen LogP contribution in [-0.4, -0.2) is 19.3 Å². The van der Waals surface area contributed by atoms with Crippen LogP contribution in [0.15, 0.2) is 40.9 Å². The van der Waals surface area contributed by atoms with Gasteiger partial charge in [-0.2, -0.15) is 0 Å². The van der Waals surface area contributed by atoms with Gasteiger partial charge in [0.1, 0.15) is 23.4 Å². The Morgan fingerprint density at radius 1 is 1.10 bits per heavy atom. The van der Waals surface area contributed by atoms with E-state index in [2.05, 4.69) is 15.9 Å². The van der Waals surface area contributed by atoms with Crippen molar-refractivity contribution >= 4 is 15.9 Å². The lowest BCUT2D eigenvalue weighted by Crippen LogP contribution is -2.04. The van der Waals surface area contributed by atoms with E-state index in [4.69, 9.17) is 9.47 Å². The van der Waals surface area contributed by atoms with Gasteiger partial charge in [-0.05, 0) is 29.8 Å². The van der Waals surface area contributed by atoms with E-state index in [1.54, 1.807) is 30.3 Å². The maximum absolute atomic E-state index is 13.9. The molecule has 0 aliphatic carbocycles. The number of rotatable bonds is 4. The summed E-state index contributed by atoms with van der Waals surface area (Å²) in [5, 5.41) is 10.4. The number of methoxy groups -OCH3 is 2. The van der Waals surface area contributed by atoms with Gasteiger partial charge in [-0.1, -0.05) is 22.0 Å². The largest absolute Gasteiger partial charge is 0.497 e. The highest BCUT2D eigenvalue weighted by atomic mass is 79.9. The molecule has 0 spiro atoms. The second-order valence-electron chi connectivity index (χ2n) is 4.18. The zero-order valence-electron chi connectivity index (χ0n) is 11.1. The van der Waals surface area contributed by atoms with Crippen LogP contribution < -0.4 is 9.47 Å². The van der Waals surface area contributed by atoms with Crippen molar-refractivity contribution in [3.63, 3.8) is 0 Å². The number of ether oxygens (including phenoxy) is 2. The summed E-state index contributed by atoms with van der Waals surface area (Å²) in [4.78, 5) is 0. The molecule has 5 heteroatoms. The molecule has 0 saturated carbocycles. The van der Waals surface area contributed by atoms with E-state index in [0.717, 1.165) is 0 Å². The number of aliphatic hydroxyl groups excluding tert-OH is 1. The summed E-state index contributed by atoms with van der Waals surface area (Å²) in [6.45, 7) is 0. The molecule has 2 aromatic carbocycles. The summed E-state index contributed by atoms with van der Waals surface area (Å²) in [6.07, 6.45) is -1.12. The fraction of sp³-hybridized carbons (Fsp3) is 0.200. The molecular formula is C15H14BrFO3. The standard InChI is InChI=1S/C15H14BrFO3/c1-19-10-6-9(7-11(8-10)20-2)15(18)14-12(16)4-3-5-13(14)17/h3-8,15,18H,1-2H3. The van der Waals surface area contributed by atoms with Gasteiger partial charge in [0, 0.05) is 16.1 Å². The molecule has 3 nitrogen and oxygen atoms in total. The van der Waals surface area contributed by atoms with Crippen molar-refractivity contribution in [1.29, 1.82) is 0 Å². The van der Waals surface area contributed by atoms with Crippen LogP contribution in [0.2, 0.25) is 0 Å². The molecule has 0 saturated heterocycles. The number of aliphatic hydroxyl groups is 1. The summed E-state index contributed by atoms with van der Waals surface area (Å²) < 4.78 is 24.7. The molecule has 20 heavy (non-hydrogen) atoms. The lowest BCUT2D eigenvalue weighted by molar-refractivity contribution is 0.213. The smallest absolute Gasteiger partial charge is 0.130 e. The number of hydrogen-bond acceptors (Lipinski definition) is 3. The Morgan fingerprint density at radius 2 is 1.70 bits per heavy atom. The van der Waals surface area contributed by atoms with Crippen LogP contribution in [0.25, 0.3) is 0 Å². The third kappa shape index (κ3) is 2.94. The molecular weight excluding hydrogens is 327 g/mol. The Labute approximate surface area is 125 Å². The van der Waals surface area contributed by atoms with Crippen LogP contribution >= 0.6 is 15.9 Å². The lowest BCUT2D eigenvalue weighted by atomic mass is 10.0. The molecule has 1 N–H and O–H groups in total. The van der Waals surface area contributed by atoms with Crippen LogP contribution in [0.4, 0.5) is 4.39 Å². The number of halogens is 2. The van der Waals surface area contributed by atoms with Gasteiger partial charge in [-0.25, -0.2) is 4.39 Å². The zero-order valence-corrected chi connectivity index (χ0v) is 12.6.